The van der Waals surface area contributed by atoms with E-state index >= 15 is 0 Å². The number of aliphatic carboxylic acids is 1. The van der Waals surface area contributed by atoms with Crippen LogP contribution >= 0.6 is 11.6 Å². The van der Waals surface area contributed by atoms with Crippen molar-refractivity contribution in [1.82, 2.24) is 14.7 Å². The van der Waals surface area contributed by atoms with E-state index in [1.165, 1.54) is 0 Å². The molecule has 0 spiro atoms. The summed E-state index contributed by atoms with van der Waals surface area (Å²) in [7, 11) is 1.76. The van der Waals surface area contributed by atoms with Crippen LogP contribution in [0, 0.1) is 6.92 Å². The molecule has 1 N–H and O–H groups in total. The maximum Gasteiger partial charge on any atom is 0.317 e. The van der Waals surface area contributed by atoms with E-state index in [4.69, 9.17) is 16.7 Å². The number of carbonyl (C=O) groups is 1. The molecule has 0 aliphatic carbocycles. The van der Waals surface area contributed by atoms with E-state index in [1.54, 1.807) is 22.7 Å². The first-order valence-corrected chi connectivity index (χ1v) is 5.56. The number of aromatic nitrogens is 2. The number of nitrogens with zero attached hydrogens (tertiary/aromatic N) is 3. The molecule has 0 radical (unpaired) electrons. The minimum Gasteiger partial charge on any atom is -0.480 e. The van der Waals surface area contributed by atoms with Crippen LogP contribution in [0.3, 0.4) is 0 Å². The molecule has 1 aromatic rings. The van der Waals surface area contributed by atoms with Crippen molar-refractivity contribution in [2.75, 3.05) is 13.1 Å². The lowest BCUT2D eigenvalue weighted by Gasteiger charge is -2.18. The zero-order valence-corrected chi connectivity index (χ0v) is 10.7. The van der Waals surface area contributed by atoms with E-state index in [0.29, 0.717) is 18.2 Å². The number of aryl methyl sites for hydroxylation is 2. The fraction of sp³-hybridized carbons (Fsp3) is 0.455. The Morgan fingerprint density at radius 2 is 2.35 bits per heavy atom. The highest BCUT2D eigenvalue weighted by atomic mass is 35.5. The first kappa shape index (κ1) is 13.7. The first-order valence-electron chi connectivity index (χ1n) is 5.18. The second-order valence-electron chi connectivity index (χ2n) is 3.83. The maximum atomic E-state index is 10.7. The highest BCUT2D eigenvalue weighted by Crippen LogP contribution is 2.20. The molecule has 1 heterocycles. The second kappa shape index (κ2) is 5.84. The van der Waals surface area contributed by atoms with E-state index in [1.807, 2.05) is 6.92 Å². The Morgan fingerprint density at radius 3 is 2.76 bits per heavy atom. The Labute approximate surface area is 105 Å². The minimum atomic E-state index is -0.871. The number of rotatable bonds is 6. The van der Waals surface area contributed by atoms with E-state index < -0.39 is 5.97 Å². The Hall–Kier alpha value is -1.33. The van der Waals surface area contributed by atoms with Gasteiger partial charge in [-0.25, -0.2) is 0 Å². The molecule has 0 saturated carbocycles. The third-order valence-corrected chi connectivity index (χ3v) is 2.87. The summed E-state index contributed by atoms with van der Waals surface area (Å²) in [5.74, 6) is -0.871. The van der Waals surface area contributed by atoms with Crippen LogP contribution in [-0.4, -0.2) is 38.8 Å². The smallest absolute Gasteiger partial charge is 0.317 e. The summed E-state index contributed by atoms with van der Waals surface area (Å²) < 4.78 is 1.58. The molecule has 6 heteroatoms. The molecule has 0 unspecified atom stereocenters. The topological polar surface area (TPSA) is 58.4 Å². The Balaban J connectivity index is 2.84. The van der Waals surface area contributed by atoms with E-state index in [2.05, 4.69) is 11.7 Å². The lowest BCUT2D eigenvalue weighted by atomic mass is 10.2. The minimum absolute atomic E-state index is 0.0450. The highest BCUT2D eigenvalue weighted by Gasteiger charge is 2.16. The summed E-state index contributed by atoms with van der Waals surface area (Å²) in [6, 6.07) is 0. The third kappa shape index (κ3) is 3.57. The van der Waals surface area contributed by atoms with Gasteiger partial charge in [0.1, 0.15) is 5.15 Å². The van der Waals surface area contributed by atoms with Crippen LogP contribution in [0.25, 0.3) is 0 Å². The van der Waals surface area contributed by atoms with Crippen LogP contribution in [0.15, 0.2) is 12.7 Å². The van der Waals surface area contributed by atoms with Gasteiger partial charge >= 0.3 is 5.97 Å². The van der Waals surface area contributed by atoms with Crippen LogP contribution in [0.2, 0.25) is 5.15 Å². The van der Waals surface area contributed by atoms with Crippen molar-refractivity contribution in [1.29, 1.82) is 0 Å². The number of carboxylic acids is 1. The summed E-state index contributed by atoms with van der Waals surface area (Å²) in [5.41, 5.74) is 1.68. The standard InChI is InChI=1S/C11H16ClN3O2/c1-4-5-15(7-10(16)17)6-9-8(2)13-14(3)11(9)12/h4H,1,5-7H2,2-3H3,(H,16,17). The van der Waals surface area contributed by atoms with Crippen LogP contribution < -0.4 is 0 Å². The number of hydrogen-bond acceptors (Lipinski definition) is 3. The Kier molecular flexibility index (Phi) is 4.72. The second-order valence-corrected chi connectivity index (χ2v) is 4.19. The normalized spacial score (nSPS) is 10.8. The van der Waals surface area contributed by atoms with Crippen molar-refractivity contribution in [2.24, 2.45) is 7.05 Å². The van der Waals surface area contributed by atoms with Gasteiger partial charge in [-0.2, -0.15) is 5.10 Å². The SMILES string of the molecule is C=CCN(CC(=O)O)Cc1c(C)nn(C)c1Cl. The third-order valence-electron chi connectivity index (χ3n) is 2.40. The van der Waals surface area contributed by atoms with Gasteiger partial charge in [-0.05, 0) is 6.92 Å². The molecule has 0 aliphatic heterocycles. The summed E-state index contributed by atoms with van der Waals surface area (Å²) >= 11 is 6.10. The molecule has 0 saturated heterocycles. The Bertz CT molecular complexity index is 429. The molecule has 5 nitrogen and oxygen atoms in total. The van der Waals surface area contributed by atoms with Crippen molar-refractivity contribution < 1.29 is 9.90 Å². The molecule has 0 bridgehead atoms. The Morgan fingerprint density at radius 1 is 1.71 bits per heavy atom. The molecule has 0 amide bonds. The first-order chi connectivity index (χ1) is 7.95. The zero-order valence-electron chi connectivity index (χ0n) is 9.98. The zero-order chi connectivity index (χ0) is 13.0. The average Bonchev–Trinajstić information content (AvgIpc) is 2.44. The van der Waals surface area contributed by atoms with Gasteiger partial charge in [0.05, 0.1) is 12.2 Å². The van der Waals surface area contributed by atoms with Crippen LogP contribution in [-0.2, 0) is 18.4 Å². The van der Waals surface area contributed by atoms with Gasteiger partial charge in [0.2, 0.25) is 0 Å². The molecule has 0 aromatic carbocycles. The maximum absolute atomic E-state index is 10.7. The molecule has 1 rings (SSSR count). The summed E-state index contributed by atoms with van der Waals surface area (Å²) in [5, 5.41) is 13.5. The summed E-state index contributed by atoms with van der Waals surface area (Å²) in [6.07, 6.45) is 1.67. The molecule has 0 aliphatic rings. The summed E-state index contributed by atoms with van der Waals surface area (Å²) in [6.45, 7) is 6.37. The van der Waals surface area contributed by atoms with E-state index in [0.717, 1.165) is 11.3 Å². The lowest BCUT2D eigenvalue weighted by Crippen LogP contribution is -2.29. The van der Waals surface area contributed by atoms with Gasteiger partial charge in [-0.1, -0.05) is 17.7 Å². The molecular weight excluding hydrogens is 242 g/mol. The van der Waals surface area contributed by atoms with Crippen LogP contribution in [0.4, 0.5) is 0 Å². The molecule has 0 atom stereocenters. The van der Waals surface area contributed by atoms with Gasteiger partial charge < -0.3 is 5.11 Å². The van der Waals surface area contributed by atoms with Gasteiger partial charge in [0.15, 0.2) is 0 Å². The predicted molar refractivity (Wildman–Crippen MR) is 66.1 cm³/mol. The molecule has 0 fully saturated rings. The van der Waals surface area contributed by atoms with Crippen molar-refractivity contribution in [3.8, 4) is 0 Å². The number of halogens is 1. The average molecular weight is 258 g/mol. The monoisotopic (exact) mass is 257 g/mol. The number of hydrogen-bond donors (Lipinski definition) is 1. The molecule has 1 aromatic heterocycles. The molecule has 94 valence electrons. The largest absolute Gasteiger partial charge is 0.480 e. The lowest BCUT2D eigenvalue weighted by molar-refractivity contribution is -0.138. The van der Waals surface area contributed by atoms with Crippen molar-refractivity contribution in [2.45, 2.75) is 13.5 Å². The fourth-order valence-electron chi connectivity index (χ4n) is 1.64. The van der Waals surface area contributed by atoms with Crippen LogP contribution in [0.5, 0.6) is 0 Å². The van der Waals surface area contributed by atoms with Gasteiger partial charge in [0, 0.05) is 25.7 Å². The van der Waals surface area contributed by atoms with Gasteiger partial charge in [0.25, 0.3) is 0 Å². The quantitative estimate of drug-likeness (QED) is 0.784. The summed E-state index contributed by atoms with van der Waals surface area (Å²) in [4.78, 5) is 12.5. The fourth-order valence-corrected chi connectivity index (χ4v) is 1.87. The molecular formula is C11H16ClN3O2. The van der Waals surface area contributed by atoms with E-state index in [9.17, 15) is 4.79 Å². The highest BCUT2D eigenvalue weighted by molar-refractivity contribution is 6.30. The van der Waals surface area contributed by atoms with Crippen molar-refractivity contribution in [3.63, 3.8) is 0 Å². The van der Waals surface area contributed by atoms with Gasteiger partial charge in [-0.3, -0.25) is 14.4 Å². The van der Waals surface area contributed by atoms with E-state index in [-0.39, 0.29) is 6.54 Å². The van der Waals surface area contributed by atoms with Gasteiger partial charge in [-0.15, -0.1) is 6.58 Å². The predicted octanol–water partition coefficient (Wildman–Crippen LogP) is 1.45. The number of carboxylic acid groups (broad SMARTS) is 1. The van der Waals surface area contributed by atoms with Crippen molar-refractivity contribution in [3.05, 3.63) is 29.1 Å². The van der Waals surface area contributed by atoms with Crippen LogP contribution in [0.1, 0.15) is 11.3 Å². The van der Waals surface area contributed by atoms with Crippen molar-refractivity contribution >= 4 is 17.6 Å². The molecule has 17 heavy (non-hydrogen) atoms.